The number of furan rings is 1. The Morgan fingerprint density at radius 2 is 2.15 bits per heavy atom. The maximum absolute atomic E-state index is 6.20. The lowest BCUT2D eigenvalue weighted by molar-refractivity contribution is 0.317. The Morgan fingerprint density at radius 3 is 2.75 bits per heavy atom. The van der Waals surface area contributed by atoms with Crippen LogP contribution in [0.2, 0.25) is 5.02 Å². The van der Waals surface area contributed by atoms with Crippen molar-refractivity contribution in [3.63, 3.8) is 0 Å². The van der Waals surface area contributed by atoms with Crippen LogP contribution in [0.15, 0.2) is 39.4 Å². The van der Waals surface area contributed by atoms with E-state index in [1.165, 1.54) is 0 Å². The van der Waals surface area contributed by atoms with Gasteiger partial charge in [0, 0.05) is 5.69 Å². The molecular formula is C15H17BrClNO2. The van der Waals surface area contributed by atoms with Crippen LogP contribution in [-0.4, -0.2) is 6.61 Å². The van der Waals surface area contributed by atoms with E-state index >= 15 is 0 Å². The summed E-state index contributed by atoms with van der Waals surface area (Å²) in [5, 5.41) is 3.95. The number of rotatable bonds is 6. The van der Waals surface area contributed by atoms with E-state index in [-0.39, 0.29) is 6.04 Å². The van der Waals surface area contributed by atoms with E-state index in [4.69, 9.17) is 20.8 Å². The van der Waals surface area contributed by atoms with E-state index in [9.17, 15) is 0 Å². The van der Waals surface area contributed by atoms with Gasteiger partial charge in [0.25, 0.3) is 0 Å². The zero-order valence-corrected chi connectivity index (χ0v) is 13.8. The number of hydrogen-bond donors (Lipinski definition) is 1. The van der Waals surface area contributed by atoms with Gasteiger partial charge in [-0.1, -0.05) is 18.5 Å². The lowest BCUT2D eigenvalue weighted by Crippen LogP contribution is -2.05. The SMILES string of the molecule is CCCOc1ccc(NC(C)c2ccc(Br)o2)cc1Cl. The zero-order chi connectivity index (χ0) is 14.5. The van der Waals surface area contributed by atoms with E-state index < -0.39 is 0 Å². The molecule has 0 fully saturated rings. The van der Waals surface area contributed by atoms with Crippen molar-refractivity contribution in [2.24, 2.45) is 0 Å². The number of anilines is 1. The molecule has 0 radical (unpaired) electrons. The van der Waals surface area contributed by atoms with E-state index in [1.54, 1.807) is 0 Å². The number of halogens is 2. The molecule has 1 atom stereocenters. The van der Waals surface area contributed by atoms with Gasteiger partial charge in [0.1, 0.15) is 11.5 Å². The Labute approximate surface area is 132 Å². The Balaban J connectivity index is 2.04. The van der Waals surface area contributed by atoms with Gasteiger partial charge >= 0.3 is 0 Å². The Morgan fingerprint density at radius 1 is 1.35 bits per heavy atom. The summed E-state index contributed by atoms with van der Waals surface area (Å²) in [5.41, 5.74) is 0.930. The monoisotopic (exact) mass is 357 g/mol. The number of nitrogens with one attached hydrogen (secondary N) is 1. The molecule has 0 saturated carbocycles. The topological polar surface area (TPSA) is 34.4 Å². The average molecular weight is 359 g/mol. The molecule has 1 N–H and O–H groups in total. The standard InChI is InChI=1S/C15H17BrClNO2/c1-3-8-19-14-5-4-11(9-12(14)17)18-10(2)13-6-7-15(16)20-13/h4-7,9-10,18H,3,8H2,1-2H3. The van der Waals surface area contributed by atoms with Gasteiger partial charge in [0.15, 0.2) is 4.67 Å². The summed E-state index contributed by atoms with van der Waals surface area (Å²) in [6.07, 6.45) is 0.959. The first-order chi connectivity index (χ1) is 9.60. The van der Waals surface area contributed by atoms with Gasteiger partial charge in [-0.05, 0) is 59.6 Å². The molecular weight excluding hydrogens is 342 g/mol. The summed E-state index contributed by atoms with van der Waals surface area (Å²) < 4.78 is 11.8. The summed E-state index contributed by atoms with van der Waals surface area (Å²) >= 11 is 9.50. The minimum Gasteiger partial charge on any atom is -0.492 e. The van der Waals surface area contributed by atoms with Gasteiger partial charge in [-0.3, -0.25) is 0 Å². The molecule has 0 bridgehead atoms. The quantitative estimate of drug-likeness (QED) is 0.723. The fourth-order valence-corrected chi connectivity index (χ4v) is 2.36. The zero-order valence-electron chi connectivity index (χ0n) is 11.5. The van der Waals surface area contributed by atoms with Crippen molar-refractivity contribution >= 4 is 33.2 Å². The van der Waals surface area contributed by atoms with Gasteiger partial charge in [-0.2, -0.15) is 0 Å². The van der Waals surface area contributed by atoms with Crippen molar-refractivity contribution in [1.29, 1.82) is 0 Å². The number of benzene rings is 1. The van der Waals surface area contributed by atoms with Crippen molar-refractivity contribution < 1.29 is 9.15 Å². The maximum atomic E-state index is 6.20. The van der Waals surface area contributed by atoms with Crippen molar-refractivity contribution in [3.8, 4) is 5.75 Å². The lowest BCUT2D eigenvalue weighted by Gasteiger charge is -2.14. The summed E-state index contributed by atoms with van der Waals surface area (Å²) in [5.74, 6) is 1.58. The fraction of sp³-hybridized carbons (Fsp3) is 0.333. The van der Waals surface area contributed by atoms with Gasteiger partial charge in [0.2, 0.25) is 0 Å². The first-order valence-electron chi connectivity index (χ1n) is 6.54. The van der Waals surface area contributed by atoms with Gasteiger partial charge in [-0.25, -0.2) is 0 Å². The molecule has 0 spiro atoms. The Kier molecular flexibility index (Phi) is 5.38. The van der Waals surface area contributed by atoms with Crippen LogP contribution in [0.5, 0.6) is 5.75 Å². The molecule has 2 rings (SSSR count). The molecule has 1 unspecified atom stereocenters. The van der Waals surface area contributed by atoms with Crippen LogP contribution in [0, 0.1) is 0 Å². The average Bonchev–Trinajstić information content (AvgIpc) is 2.85. The molecule has 1 aromatic heterocycles. The van der Waals surface area contributed by atoms with Crippen LogP contribution in [0.25, 0.3) is 0 Å². The first kappa shape index (κ1) is 15.3. The summed E-state index contributed by atoms with van der Waals surface area (Å²) in [4.78, 5) is 0. The molecule has 3 nitrogen and oxygen atoms in total. The van der Waals surface area contributed by atoms with Crippen LogP contribution in [0.4, 0.5) is 5.69 Å². The predicted molar refractivity (Wildman–Crippen MR) is 85.7 cm³/mol. The highest BCUT2D eigenvalue weighted by Crippen LogP contribution is 2.30. The van der Waals surface area contributed by atoms with Crippen LogP contribution in [0.1, 0.15) is 32.1 Å². The summed E-state index contributed by atoms with van der Waals surface area (Å²) in [7, 11) is 0. The van der Waals surface area contributed by atoms with E-state index in [2.05, 4.69) is 28.2 Å². The molecule has 108 valence electrons. The smallest absolute Gasteiger partial charge is 0.169 e. The van der Waals surface area contributed by atoms with Gasteiger partial charge in [-0.15, -0.1) is 0 Å². The van der Waals surface area contributed by atoms with Crippen LogP contribution < -0.4 is 10.1 Å². The van der Waals surface area contributed by atoms with Crippen molar-refractivity contribution in [3.05, 3.63) is 45.8 Å². The largest absolute Gasteiger partial charge is 0.492 e. The molecule has 2 aromatic rings. The molecule has 0 aliphatic heterocycles. The van der Waals surface area contributed by atoms with Crippen molar-refractivity contribution in [1.82, 2.24) is 0 Å². The molecule has 0 saturated heterocycles. The minimum atomic E-state index is 0.0553. The lowest BCUT2D eigenvalue weighted by atomic mass is 10.2. The second kappa shape index (κ2) is 7.04. The minimum absolute atomic E-state index is 0.0553. The van der Waals surface area contributed by atoms with Crippen LogP contribution in [-0.2, 0) is 0 Å². The third-order valence-electron chi connectivity index (χ3n) is 2.80. The second-order valence-electron chi connectivity index (χ2n) is 4.50. The molecule has 5 heteroatoms. The van der Waals surface area contributed by atoms with Crippen LogP contribution in [0.3, 0.4) is 0 Å². The van der Waals surface area contributed by atoms with E-state index in [0.717, 1.165) is 22.5 Å². The van der Waals surface area contributed by atoms with Gasteiger partial charge < -0.3 is 14.5 Å². The highest BCUT2D eigenvalue weighted by atomic mass is 79.9. The fourth-order valence-electron chi connectivity index (χ4n) is 1.80. The summed E-state index contributed by atoms with van der Waals surface area (Å²) in [6.45, 7) is 4.76. The summed E-state index contributed by atoms with van der Waals surface area (Å²) in [6, 6.07) is 9.56. The molecule has 1 aromatic carbocycles. The third kappa shape index (κ3) is 3.93. The van der Waals surface area contributed by atoms with Gasteiger partial charge in [0.05, 0.1) is 17.7 Å². The molecule has 20 heavy (non-hydrogen) atoms. The highest BCUT2D eigenvalue weighted by molar-refractivity contribution is 9.10. The third-order valence-corrected chi connectivity index (χ3v) is 3.52. The molecule has 0 amide bonds. The Bertz CT molecular complexity index is 571. The molecule has 0 aliphatic rings. The maximum Gasteiger partial charge on any atom is 0.169 e. The van der Waals surface area contributed by atoms with Crippen molar-refractivity contribution in [2.75, 3.05) is 11.9 Å². The van der Waals surface area contributed by atoms with E-state index in [1.807, 2.05) is 37.3 Å². The molecule has 0 aliphatic carbocycles. The first-order valence-corrected chi connectivity index (χ1v) is 7.71. The molecule has 1 heterocycles. The second-order valence-corrected chi connectivity index (χ2v) is 5.69. The predicted octanol–water partition coefficient (Wildman–Crippen LogP) is 5.66. The normalized spacial score (nSPS) is 12.2. The number of ether oxygens (including phenoxy) is 1. The van der Waals surface area contributed by atoms with Crippen LogP contribution >= 0.6 is 27.5 Å². The number of hydrogen-bond acceptors (Lipinski definition) is 3. The van der Waals surface area contributed by atoms with Crippen molar-refractivity contribution in [2.45, 2.75) is 26.3 Å². The Hall–Kier alpha value is -1.13. The van der Waals surface area contributed by atoms with E-state index in [0.29, 0.717) is 17.4 Å². The highest BCUT2D eigenvalue weighted by Gasteiger charge is 2.11.